The molecule has 0 bridgehead atoms. The molecular formula is C10H14N6O3. The van der Waals surface area contributed by atoms with Crippen LogP contribution in [0.25, 0.3) is 0 Å². The summed E-state index contributed by atoms with van der Waals surface area (Å²) in [5.41, 5.74) is 5.20. The van der Waals surface area contributed by atoms with Crippen molar-refractivity contribution in [3.63, 3.8) is 0 Å². The van der Waals surface area contributed by atoms with Crippen molar-refractivity contribution >= 4 is 23.7 Å². The smallest absolute Gasteiger partial charge is 0.316 e. The van der Waals surface area contributed by atoms with Gasteiger partial charge in [-0.15, -0.1) is 0 Å². The van der Waals surface area contributed by atoms with Crippen molar-refractivity contribution < 1.29 is 14.4 Å². The monoisotopic (exact) mass is 266 g/mol. The van der Waals surface area contributed by atoms with E-state index >= 15 is 0 Å². The van der Waals surface area contributed by atoms with Gasteiger partial charge in [-0.25, -0.2) is 5.10 Å². The topological polar surface area (TPSA) is 134 Å². The van der Waals surface area contributed by atoms with Crippen LogP contribution in [0.1, 0.15) is 12.8 Å². The number of anilines is 1. The molecule has 2 heterocycles. The average molecular weight is 266 g/mol. The first-order valence-corrected chi connectivity index (χ1v) is 5.83. The number of aromatic amines is 1. The molecule has 0 unspecified atom stereocenters. The van der Waals surface area contributed by atoms with E-state index in [1.54, 1.807) is 0 Å². The Bertz CT molecular complexity index is 477. The summed E-state index contributed by atoms with van der Waals surface area (Å²) in [4.78, 5) is 39.6. The first kappa shape index (κ1) is 13.0. The maximum absolute atomic E-state index is 11.8. The van der Waals surface area contributed by atoms with Crippen LogP contribution in [-0.2, 0) is 14.4 Å². The lowest BCUT2D eigenvalue weighted by molar-refractivity contribution is -0.144. The fraction of sp³-hybridized carbons (Fsp3) is 0.500. The van der Waals surface area contributed by atoms with Crippen LogP contribution in [0.15, 0.2) is 6.33 Å². The van der Waals surface area contributed by atoms with Crippen LogP contribution < -0.4 is 11.1 Å². The second-order valence-electron chi connectivity index (χ2n) is 4.26. The van der Waals surface area contributed by atoms with Gasteiger partial charge in [0.2, 0.25) is 11.9 Å². The summed E-state index contributed by atoms with van der Waals surface area (Å²) in [5.74, 6) is -1.90. The highest BCUT2D eigenvalue weighted by atomic mass is 16.2. The van der Waals surface area contributed by atoms with Gasteiger partial charge in [0.25, 0.3) is 0 Å². The number of hydrogen-bond acceptors (Lipinski definition) is 5. The number of nitrogens with two attached hydrogens (primary N) is 1. The maximum Gasteiger partial charge on any atom is 0.316 e. The number of carbonyl (C=O) groups is 3. The zero-order chi connectivity index (χ0) is 13.8. The van der Waals surface area contributed by atoms with Gasteiger partial charge in [-0.05, 0) is 12.8 Å². The molecule has 102 valence electrons. The lowest BCUT2D eigenvalue weighted by atomic mass is 9.96. The molecule has 0 spiro atoms. The predicted octanol–water partition coefficient (Wildman–Crippen LogP) is -1.53. The number of nitrogens with one attached hydrogen (secondary N) is 2. The highest BCUT2D eigenvalue weighted by molar-refractivity contribution is 6.39. The minimum atomic E-state index is -0.783. The molecule has 0 atom stereocenters. The van der Waals surface area contributed by atoms with Gasteiger partial charge < -0.3 is 10.6 Å². The summed E-state index contributed by atoms with van der Waals surface area (Å²) in [6.45, 7) is 0.687. The van der Waals surface area contributed by atoms with E-state index in [0.29, 0.717) is 25.9 Å². The van der Waals surface area contributed by atoms with E-state index in [9.17, 15) is 14.4 Å². The lowest BCUT2D eigenvalue weighted by Gasteiger charge is -2.29. The first-order valence-electron chi connectivity index (χ1n) is 5.83. The van der Waals surface area contributed by atoms with Gasteiger partial charge in [0, 0.05) is 19.0 Å². The van der Waals surface area contributed by atoms with Gasteiger partial charge in [-0.1, -0.05) is 0 Å². The Hall–Kier alpha value is -2.45. The maximum atomic E-state index is 11.8. The normalized spacial score (nSPS) is 16.1. The second kappa shape index (κ2) is 5.46. The highest BCUT2D eigenvalue weighted by Gasteiger charge is 2.29. The third-order valence-electron chi connectivity index (χ3n) is 3.03. The van der Waals surface area contributed by atoms with Crippen molar-refractivity contribution in [1.29, 1.82) is 0 Å². The summed E-state index contributed by atoms with van der Waals surface area (Å²) in [6.07, 6.45) is 2.19. The van der Waals surface area contributed by atoms with Gasteiger partial charge in [0.1, 0.15) is 6.33 Å². The first-order chi connectivity index (χ1) is 9.08. The minimum absolute atomic E-state index is 0.116. The average Bonchev–Trinajstić information content (AvgIpc) is 2.90. The molecular weight excluding hydrogens is 252 g/mol. The molecule has 4 N–H and O–H groups in total. The number of rotatable bonds is 2. The predicted molar refractivity (Wildman–Crippen MR) is 63.5 cm³/mol. The van der Waals surface area contributed by atoms with E-state index in [-0.39, 0.29) is 17.8 Å². The number of nitrogens with zero attached hydrogens (tertiary/aromatic N) is 3. The number of aromatic nitrogens is 3. The zero-order valence-corrected chi connectivity index (χ0v) is 10.1. The molecule has 0 saturated carbocycles. The number of hydrogen-bond donors (Lipinski definition) is 3. The Morgan fingerprint density at radius 2 is 2.05 bits per heavy atom. The van der Waals surface area contributed by atoms with Crippen LogP contribution >= 0.6 is 0 Å². The number of likely N-dealkylation sites (tertiary alicyclic amines) is 1. The molecule has 0 aliphatic carbocycles. The molecule has 3 amide bonds. The molecule has 1 aromatic heterocycles. The summed E-state index contributed by atoms with van der Waals surface area (Å²) in [5, 5.41) is 8.27. The van der Waals surface area contributed by atoms with Crippen molar-refractivity contribution in [3.8, 4) is 0 Å². The SMILES string of the molecule is NC(=O)C1CCN(C(=O)C(=O)Nc2ncn[nH]2)CC1. The molecule has 1 saturated heterocycles. The molecule has 1 aliphatic heterocycles. The summed E-state index contributed by atoms with van der Waals surface area (Å²) in [6, 6.07) is 0. The zero-order valence-electron chi connectivity index (χ0n) is 10.1. The van der Waals surface area contributed by atoms with E-state index in [4.69, 9.17) is 5.73 Å². The van der Waals surface area contributed by atoms with E-state index in [1.807, 2.05) is 0 Å². The van der Waals surface area contributed by atoms with E-state index in [2.05, 4.69) is 20.5 Å². The van der Waals surface area contributed by atoms with E-state index in [1.165, 1.54) is 11.2 Å². The Kier molecular flexibility index (Phi) is 3.74. The van der Waals surface area contributed by atoms with Gasteiger partial charge in [0.05, 0.1) is 0 Å². The van der Waals surface area contributed by atoms with E-state index < -0.39 is 11.8 Å². The lowest BCUT2D eigenvalue weighted by Crippen LogP contribution is -2.46. The Morgan fingerprint density at radius 3 is 2.58 bits per heavy atom. The van der Waals surface area contributed by atoms with Crippen molar-refractivity contribution in [2.24, 2.45) is 11.7 Å². The fourth-order valence-corrected chi connectivity index (χ4v) is 1.94. The quantitative estimate of drug-likeness (QED) is 0.558. The summed E-state index contributed by atoms with van der Waals surface area (Å²) >= 11 is 0. The van der Waals surface area contributed by atoms with Crippen LogP contribution in [0.2, 0.25) is 0 Å². The number of H-pyrrole nitrogens is 1. The number of amides is 3. The van der Waals surface area contributed by atoms with Crippen molar-refractivity contribution in [3.05, 3.63) is 6.33 Å². The molecule has 19 heavy (non-hydrogen) atoms. The van der Waals surface area contributed by atoms with Crippen LogP contribution in [-0.4, -0.2) is 50.9 Å². The third kappa shape index (κ3) is 3.06. The van der Waals surface area contributed by atoms with Crippen molar-refractivity contribution in [1.82, 2.24) is 20.1 Å². The Morgan fingerprint density at radius 1 is 1.37 bits per heavy atom. The molecule has 1 fully saturated rings. The van der Waals surface area contributed by atoms with Crippen LogP contribution in [0, 0.1) is 5.92 Å². The largest absolute Gasteiger partial charge is 0.369 e. The van der Waals surface area contributed by atoms with Gasteiger partial charge in [0.15, 0.2) is 0 Å². The van der Waals surface area contributed by atoms with Crippen LogP contribution in [0.3, 0.4) is 0 Å². The highest BCUT2D eigenvalue weighted by Crippen LogP contribution is 2.16. The third-order valence-corrected chi connectivity index (χ3v) is 3.03. The van der Waals surface area contributed by atoms with Crippen LogP contribution in [0.4, 0.5) is 5.95 Å². The van der Waals surface area contributed by atoms with Gasteiger partial charge in [-0.3, -0.25) is 19.7 Å². The standard InChI is InChI=1S/C10H14N6O3/c11-7(17)6-1-3-16(4-2-6)9(19)8(18)14-10-12-5-13-15-10/h5-6H,1-4H2,(H2,11,17)(H2,12,13,14,15,18). The molecule has 1 aromatic rings. The Labute approximate surface area is 108 Å². The molecule has 1 aliphatic rings. The number of primary amides is 1. The second-order valence-corrected chi connectivity index (χ2v) is 4.26. The summed E-state index contributed by atoms with van der Waals surface area (Å²) < 4.78 is 0. The van der Waals surface area contributed by atoms with E-state index in [0.717, 1.165) is 0 Å². The number of piperidine rings is 1. The molecule has 9 heteroatoms. The molecule has 0 aromatic carbocycles. The minimum Gasteiger partial charge on any atom is -0.369 e. The van der Waals surface area contributed by atoms with Crippen molar-refractivity contribution in [2.45, 2.75) is 12.8 Å². The summed E-state index contributed by atoms with van der Waals surface area (Å²) in [7, 11) is 0. The fourth-order valence-electron chi connectivity index (χ4n) is 1.94. The van der Waals surface area contributed by atoms with Crippen molar-refractivity contribution in [2.75, 3.05) is 18.4 Å². The molecule has 0 radical (unpaired) electrons. The van der Waals surface area contributed by atoms with Crippen LogP contribution in [0.5, 0.6) is 0 Å². The van der Waals surface area contributed by atoms with Gasteiger partial charge in [-0.2, -0.15) is 10.1 Å². The number of carbonyl (C=O) groups excluding carboxylic acids is 3. The molecule has 9 nitrogen and oxygen atoms in total. The Balaban J connectivity index is 1.87. The van der Waals surface area contributed by atoms with Gasteiger partial charge >= 0.3 is 11.8 Å². The molecule has 2 rings (SSSR count).